The average molecular weight is 565 g/mol. The van der Waals surface area contributed by atoms with E-state index in [1.165, 1.54) is 5.56 Å². The highest BCUT2D eigenvalue weighted by Crippen LogP contribution is 2.48. The molecule has 1 aromatic heterocycles. The van der Waals surface area contributed by atoms with Crippen LogP contribution in [0.1, 0.15) is 51.4 Å². The lowest BCUT2D eigenvalue weighted by Crippen LogP contribution is -2.18. The number of benzene rings is 3. The molecule has 1 N–H and O–H groups in total. The Hall–Kier alpha value is -2.66. The number of furan rings is 1. The van der Waals surface area contributed by atoms with Gasteiger partial charge in [0.1, 0.15) is 11.3 Å². The summed E-state index contributed by atoms with van der Waals surface area (Å²) in [6.45, 7) is 4.64. The lowest BCUT2D eigenvalue weighted by atomic mass is 9.99. The number of fused-ring (bicyclic) bond motifs is 1. The zero-order valence-electron chi connectivity index (χ0n) is 20.9. The highest BCUT2D eigenvalue weighted by Gasteiger charge is 2.31. The van der Waals surface area contributed by atoms with Gasteiger partial charge in [-0.3, -0.25) is 4.79 Å². The second-order valence-corrected chi connectivity index (χ2v) is 10.7. The second-order valence-electron chi connectivity index (χ2n) is 9.54. The molecule has 1 amide bonds. The zero-order valence-corrected chi connectivity index (χ0v) is 23.7. The van der Waals surface area contributed by atoms with Crippen molar-refractivity contribution in [1.82, 2.24) is 5.32 Å². The van der Waals surface area contributed by atoms with Crippen LogP contribution in [0.25, 0.3) is 22.3 Å². The molecular formula is C29H30BrN2O3P. The van der Waals surface area contributed by atoms with Crippen LogP contribution in [0.15, 0.2) is 57.4 Å². The second kappa shape index (κ2) is 10.0. The quantitative estimate of drug-likeness (QED) is 0.233. The van der Waals surface area contributed by atoms with Gasteiger partial charge < -0.3 is 19.2 Å². The van der Waals surface area contributed by atoms with Gasteiger partial charge in [0.05, 0.1) is 12.2 Å². The summed E-state index contributed by atoms with van der Waals surface area (Å²) in [5.74, 6) is 0.941. The lowest BCUT2D eigenvalue weighted by Gasteiger charge is -2.24. The summed E-state index contributed by atoms with van der Waals surface area (Å²) in [6.07, 6.45) is 2.30. The summed E-state index contributed by atoms with van der Waals surface area (Å²) in [7, 11) is 6.07. The van der Waals surface area contributed by atoms with Crippen molar-refractivity contribution in [2.45, 2.75) is 39.2 Å². The molecule has 186 valence electrons. The van der Waals surface area contributed by atoms with Gasteiger partial charge in [0.25, 0.3) is 5.91 Å². The molecule has 1 heterocycles. The number of rotatable bonds is 7. The van der Waals surface area contributed by atoms with Crippen LogP contribution < -0.4 is 10.2 Å². The Labute approximate surface area is 222 Å². The van der Waals surface area contributed by atoms with E-state index in [0.717, 1.165) is 56.3 Å². The molecule has 0 bridgehead atoms. The number of amides is 1. The number of anilines is 2. The number of hydrogen-bond acceptors (Lipinski definition) is 4. The maximum absolute atomic E-state index is 13.1. The molecule has 1 aliphatic carbocycles. The number of nitrogens with one attached hydrogen (secondary N) is 1. The fraction of sp³-hybridized carbons (Fsp3) is 0.276. The lowest BCUT2D eigenvalue weighted by molar-refractivity contribution is 0.0964. The third kappa shape index (κ3) is 4.58. The molecule has 0 radical (unpaired) electrons. The Kier molecular flexibility index (Phi) is 6.95. The fourth-order valence-electron chi connectivity index (χ4n) is 4.77. The normalized spacial score (nSPS) is 13.3. The van der Waals surface area contributed by atoms with E-state index in [-0.39, 0.29) is 5.91 Å². The van der Waals surface area contributed by atoms with E-state index < -0.39 is 0 Å². The topological polar surface area (TPSA) is 54.7 Å². The van der Waals surface area contributed by atoms with E-state index in [0.29, 0.717) is 29.4 Å². The summed E-state index contributed by atoms with van der Waals surface area (Å²) >= 11 is 3.70. The van der Waals surface area contributed by atoms with Gasteiger partial charge in [-0.2, -0.15) is 0 Å². The molecule has 5 nitrogen and oxygen atoms in total. The molecule has 0 aliphatic heterocycles. The molecule has 0 saturated heterocycles. The monoisotopic (exact) mass is 564 g/mol. The van der Waals surface area contributed by atoms with Crippen LogP contribution in [-0.2, 0) is 11.1 Å². The minimum Gasteiger partial charge on any atom is -0.455 e. The van der Waals surface area contributed by atoms with Crippen LogP contribution >= 0.6 is 25.4 Å². The first-order valence-corrected chi connectivity index (χ1v) is 13.3. The summed E-state index contributed by atoms with van der Waals surface area (Å²) in [6, 6.07) is 16.7. The number of carbonyl (C=O) groups excluding carboxylic acids is 1. The maximum Gasteiger partial charge on any atom is 0.255 e. The summed E-state index contributed by atoms with van der Waals surface area (Å²) in [4.78, 5) is 15.3. The predicted molar refractivity (Wildman–Crippen MR) is 153 cm³/mol. The van der Waals surface area contributed by atoms with Gasteiger partial charge in [-0.05, 0) is 67.5 Å². The predicted octanol–water partition coefficient (Wildman–Crippen LogP) is 7.79. The minimum absolute atomic E-state index is 0.141. The molecule has 36 heavy (non-hydrogen) atoms. The van der Waals surface area contributed by atoms with Crippen molar-refractivity contribution in [3.8, 4) is 11.3 Å². The first-order valence-electron chi connectivity index (χ1n) is 12.1. The average Bonchev–Trinajstić information content (AvgIpc) is 3.66. The smallest absolute Gasteiger partial charge is 0.255 e. The first kappa shape index (κ1) is 25.0. The number of aryl methyl sites for hydroxylation is 2. The van der Waals surface area contributed by atoms with Gasteiger partial charge in [-0.1, -0.05) is 45.8 Å². The Morgan fingerprint density at radius 3 is 2.53 bits per heavy atom. The Morgan fingerprint density at radius 1 is 1.17 bits per heavy atom. The van der Waals surface area contributed by atoms with E-state index >= 15 is 0 Å². The van der Waals surface area contributed by atoms with Crippen molar-refractivity contribution < 1.29 is 13.7 Å². The minimum atomic E-state index is -0.141. The maximum atomic E-state index is 13.1. The van der Waals surface area contributed by atoms with Crippen LogP contribution in [0.3, 0.4) is 0 Å². The van der Waals surface area contributed by atoms with Crippen molar-refractivity contribution in [3.63, 3.8) is 0 Å². The third-order valence-electron chi connectivity index (χ3n) is 6.92. The molecule has 1 saturated carbocycles. The largest absolute Gasteiger partial charge is 0.455 e. The van der Waals surface area contributed by atoms with E-state index in [1.54, 1.807) is 7.05 Å². The molecule has 3 aromatic carbocycles. The molecule has 0 spiro atoms. The SMILES string of the molecule is CNC(=O)c1c(-c2ccc(C)cc2)oc2cc(N(C)c3cc(C)c(Br)c(COP)c3)c(C3CC3)cc12. The van der Waals surface area contributed by atoms with Crippen LogP contribution in [0, 0.1) is 13.8 Å². The van der Waals surface area contributed by atoms with E-state index in [2.05, 4.69) is 73.9 Å². The van der Waals surface area contributed by atoms with Gasteiger partial charge in [0.2, 0.25) is 0 Å². The molecule has 4 aromatic rings. The third-order valence-corrected chi connectivity index (χ3v) is 8.23. The summed E-state index contributed by atoms with van der Waals surface area (Å²) in [5.41, 5.74) is 8.99. The summed E-state index contributed by atoms with van der Waals surface area (Å²) < 4.78 is 12.8. The highest BCUT2D eigenvalue weighted by atomic mass is 79.9. The van der Waals surface area contributed by atoms with Gasteiger partial charge in [-0.15, -0.1) is 0 Å². The van der Waals surface area contributed by atoms with Crippen LogP contribution in [0.4, 0.5) is 11.4 Å². The van der Waals surface area contributed by atoms with Crippen LogP contribution in [0.5, 0.6) is 0 Å². The fourth-order valence-corrected chi connectivity index (χ4v) is 5.29. The number of halogens is 1. The number of nitrogens with zero attached hydrogens (tertiary/aromatic N) is 1. The van der Waals surface area contributed by atoms with Crippen molar-refractivity contribution in [1.29, 1.82) is 0 Å². The summed E-state index contributed by atoms with van der Waals surface area (Å²) in [5, 5.41) is 3.67. The number of carbonyl (C=O) groups is 1. The van der Waals surface area contributed by atoms with Gasteiger partial charge in [0.15, 0.2) is 0 Å². The Morgan fingerprint density at radius 2 is 1.89 bits per heavy atom. The highest BCUT2D eigenvalue weighted by molar-refractivity contribution is 9.10. The number of hydrogen-bond donors (Lipinski definition) is 1. The van der Waals surface area contributed by atoms with Gasteiger partial charge >= 0.3 is 0 Å². The molecule has 1 aliphatic rings. The Bertz CT molecular complexity index is 1460. The van der Waals surface area contributed by atoms with Crippen LogP contribution in [0.2, 0.25) is 0 Å². The molecule has 1 atom stereocenters. The van der Waals surface area contributed by atoms with E-state index in [1.807, 2.05) is 31.2 Å². The van der Waals surface area contributed by atoms with Gasteiger partial charge in [-0.25, -0.2) is 0 Å². The zero-order chi connectivity index (χ0) is 25.6. The molecule has 1 fully saturated rings. The molecular weight excluding hydrogens is 535 g/mol. The molecule has 1 unspecified atom stereocenters. The Balaban J connectivity index is 1.70. The van der Waals surface area contributed by atoms with E-state index in [9.17, 15) is 4.79 Å². The van der Waals surface area contributed by atoms with Crippen LogP contribution in [-0.4, -0.2) is 20.0 Å². The van der Waals surface area contributed by atoms with E-state index in [4.69, 9.17) is 8.94 Å². The van der Waals surface area contributed by atoms with Crippen molar-refractivity contribution in [3.05, 3.63) is 80.8 Å². The molecule has 5 rings (SSSR count). The van der Waals surface area contributed by atoms with Crippen molar-refractivity contribution >= 4 is 53.6 Å². The van der Waals surface area contributed by atoms with Crippen molar-refractivity contribution in [2.24, 2.45) is 0 Å². The standard InChI is InChI=1S/C29H30BrN2O3P/c1-16-5-7-19(8-6-16)28-26(29(33)31-3)23-13-22(18-9-10-18)24(14-25(23)35-28)32(4)21-11-17(2)27(30)20(12-21)15-34-36/h5-8,11-14,18H,9-10,15,36H2,1-4H3,(H,31,33). The van der Waals surface area contributed by atoms with Crippen molar-refractivity contribution in [2.75, 3.05) is 19.0 Å². The molecule has 7 heteroatoms. The van der Waals surface area contributed by atoms with Gasteiger partial charge in [0, 0.05) is 56.4 Å². The first-order chi connectivity index (χ1) is 17.3.